The maximum absolute atomic E-state index is 5.77. The fraction of sp³-hybridized carbons (Fsp3) is 0.733. The Hall–Kier alpha value is -1.92. The zero-order valence-corrected chi connectivity index (χ0v) is 14.0. The van der Waals surface area contributed by atoms with Crippen molar-refractivity contribution in [2.45, 2.75) is 40.5 Å². The van der Waals surface area contributed by atoms with Crippen LogP contribution in [0.1, 0.15) is 40.5 Å². The first-order chi connectivity index (χ1) is 10.5. The molecular weight excluding hydrogens is 278 g/mol. The van der Waals surface area contributed by atoms with E-state index in [0.717, 1.165) is 25.9 Å². The summed E-state index contributed by atoms with van der Waals surface area (Å²) in [4.78, 5) is 14.8. The van der Waals surface area contributed by atoms with Crippen molar-refractivity contribution in [2.75, 3.05) is 29.1 Å². The van der Waals surface area contributed by atoms with Crippen LogP contribution in [0.4, 0.5) is 17.8 Å². The number of hydrogen-bond acceptors (Lipinski definition) is 7. The Balaban J connectivity index is 2.06. The first-order valence-electron chi connectivity index (χ1n) is 8.03. The number of aromatic nitrogens is 3. The number of nitrogens with one attached hydrogen (secondary N) is 1. The van der Waals surface area contributed by atoms with E-state index in [1.807, 2.05) is 6.21 Å². The van der Waals surface area contributed by atoms with Gasteiger partial charge in [-0.05, 0) is 24.7 Å². The topological polar surface area (TPSA) is 92.3 Å². The zero-order chi connectivity index (χ0) is 16.1. The summed E-state index contributed by atoms with van der Waals surface area (Å²) in [5.74, 6) is 2.73. The summed E-state index contributed by atoms with van der Waals surface area (Å²) in [5, 5.41) is 4.29. The standard InChI is InChI=1S/C15H27N7/c1-10(2)12(11(3)4)9-17-21-14-18-13(16)19-15(20-14)22-7-5-6-8-22/h9-12H,5-8H2,1-4H3,(H3,16,18,19,20,21). The van der Waals surface area contributed by atoms with Crippen LogP contribution in [0.25, 0.3) is 0 Å². The highest BCUT2D eigenvalue weighted by atomic mass is 15.4. The van der Waals surface area contributed by atoms with Gasteiger partial charge in [-0.1, -0.05) is 27.7 Å². The van der Waals surface area contributed by atoms with E-state index in [4.69, 9.17) is 5.73 Å². The number of hydrazone groups is 1. The smallest absolute Gasteiger partial charge is 0.250 e. The number of nitrogen functional groups attached to an aromatic ring is 1. The summed E-state index contributed by atoms with van der Waals surface area (Å²) >= 11 is 0. The molecule has 2 rings (SSSR count). The molecule has 1 aromatic heterocycles. The Kier molecular flexibility index (Phi) is 5.51. The second kappa shape index (κ2) is 7.38. The number of nitrogens with two attached hydrogens (primary N) is 1. The molecule has 0 aromatic carbocycles. The molecule has 7 nitrogen and oxygen atoms in total. The van der Waals surface area contributed by atoms with E-state index >= 15 is 0 Å². The predicted molar refractivity (Wildman–Crippen MR) is 91.0 cm³/mol. The fourth-order valence-electron chi connectivity index (χ4n) is 2.78. The first kappa shape index (κ1) is 16.5. The molecule has 0 spiro atoms. The van der Waals surface area contributed by atoms with Gasteiger partial charge in [0.2, 0.25) is 17.8 Å². The van der Waals surface area contributed by atoms with Gasteiger partial charge in [0, 0.05) is 25.2 Å². The highest BCUT2D eigenvalue weighted by molar-refractivity contribution is 5.62. The molecule has 0 bridgehead atoms. The van der Waals surface area contributed by atoms with Gasteiger partial charge in [-0.15, -0.1) is 0 Å². The molecule has 1 fully saturated rings. The van der Waals surface area contributed by atoms with Crippen molar-refractivity contribution in [1.82, 2.24) is 15.0 Å². The quantitative estimate of drug-likeness (QED) is 0.619. The van der Waals surface area contributed by atoms with E-state index in [1.165, 1.54) is 0 Å². The third-order valence-electron chi connectivity index (χ3n) is 3.98. The Labute approximate surface area is 132 Å². The molecule has 0 unspecified atom stereocenters. The Bertz CT molecular complexity index is 499. The molecule has 22 heavy (non-hydrogen) atoms. The molecule has 3 N–H and O–H groups in total. The van der Waals surface area contributed by atoms with Gasteiger partial charge in [0.05, 0.1) is 0 Å². The molecule has 0 amide bonds. The van der Waals surface area contributed by atoms with E-state index in [1.54, 1.807) is 0 Å². The lowest BCUT2D eigenvalue weighted by molar-refractivity contribution is 0.387. The summed E-state index contributed by atoms with van der Waals surface area (Å²) in [5.41, 5.74) is 8.66. The second-order valence-corrected chi connectivity index (χ2v) is 6.47. The van der Waals surface area contributed by atoms with Crippen LogP contribution in [-0.2, 0) is 0 Å². The molecule has 0 aliphatic carbocycles. The van der Waals surface area contributed by atoms with Gasteiger partial charge in [-0.25, -0.2) is 5.43 Å². The van der Waals surface area contributed by atoms with Crippen LogP contribution >= 0.6 is 0 Å². The average Bonchev–Trinajstić information content (AvgIpc) is 2.96. The van der Waals surface area contributed by atoms with Crippen LogP contribution in [0.3, 0.4) is 0 Å². The van der Waals surface area contributed by atoms with Crippen molar-refractivity contribution in [3.63, 3.8) is 0 Å². The third-order valence-corrected chi connectivity index (χ3v) is 3.98. The van der Waals surface area contributed by atoms with Crippen molar-refractivity contribution >= 4 is 24.1 Å². The van der Waals surface area contributed by atoms with Crippen LogP contribution in [0, 0.1) is 17.8 Å². The van der Waals surface area contributed by atoms with E-state index in [0.29, 0.717) is 29.7 Å². The molecule has 1 saturated heterocycles. The largest absolute Gasteiger partial charge is 0.368 e. The van der Waals surface area contributed by atoms with E-state index in [9.17, 15) is 0 Å². The molecule has 0 radical (unpaired) electrons. The molecule has 1 aliphatic rings. The maximum atomic E-state index is 5.77. The minimum Gasteiger partial charge on any atom is -0.368 e. The van der Waals surface area contributed by atoms with Gasteiger partial charge in [-0.3, -0.25) is 0 Å². The number of nitrogens with zero attached hydrogens (tertiary/aromatic N) is 5. The Morgan fingerprint density at radius 1 is 1.09 bits per heavy atom. The first-order valence-corrected chi connectivity index (χ1v) is 8.03. The monoisotopic (exact) mass is 305 g/mol. The zero-order valence-electron chi connectivity index (χ0n) is 14.0. The Morgan fingerprint density at radius 3 is 2.32 bits per heavy atom. The fourth-order valence-corrected chi connectivity index (χ4v) is 2.78. The van der Waals surface area contributed by atoms with Gasteiger partial charge in [0.1, 0.15) is 0 Å². The van der Waals surface area contributed by atoms with Crippen molar-refractivity contribution in [3.8, 4) is 0 Å². The van der Waals surface area contributed by atoms with Crippen molar-refractivity contribution in [3.05, 3.63) is 0 Å². The van der Waals surface area contributed by atoms with Crippen molar-refractivity contribution < 1.29 is 0 Å². The van der Waals surface area contributed by atoms with E-state index < -0.39 is 0 Å². The van der Waals surface area contributed by atoms with Gasteiger partial charge >= 0.3 is 0 Å². The average molecular weight is 305 g/mol. The predicted octanol–water partition coefficient (Wildman–Crippen LogP) is 2.38. The summed E-state index contributed by atoms with van der Waals surface area (Å²) in [6, 6.07) is 0. The highest BCUT2D eigenvalue weighted by Crippen LogP contribution is 2.19. The lowest BCUT2D eigenvalue weighted by Gasteiger charge is -2.19. The Morgan fingerprint density at radius 2 is 1.73 bits per heavy atom. The minimum atomic E-state index is 0.221. The lowest BCUT2D eigenvalue weighted by atomic mass is 9.87. The summed E-state index contributed by atoms with van der Waals surface area (Å²) in [6.07, 6.45) is 4.26. The van der Waals surface area contributed by atoms with Gasteiger partial charge in [0.15, 0.2) is 0 Å². The van der Waals surface area contributed by atoms with E-state index in [2.05, 4.69) is 58.1 Å². The maximum Gasteiger partial charge on any atom is 0.250 e. The molecule has 7 heteroatoms. The minimum absolute atomic E-state index is 0.221. The van der Waals surface area contributed by atoms with Crippen LogP contribution in [0.5, 0.6) is 0 Å². The summed E-state index contributed by atoms with van der Waals surface area (Å²) < 4.78 is 0. The van der Waals surface area contributed by atoms with Crippen molar-refractivity contribution in [2.24, 2.45) is 22.9 Å². The molecule has 2 heterocycles. The van der Waals surface area contributed by atoms with E-state index in [-0.39, 0.29) is 5.95 Å². The number of anilines is 3. The normalized spacial score (nSPS) is 15.7. The third kappa shape index (κ3) is 4.29. The number of hydrogen-bond donors (Lipinski definition) is 2. The summed E-state index contributed by atoms with van der Waals surface area (Å²) in [6.45, 7) is 10.7. The van der Waals surface area contributed by atoms with Crippen molar-refractivity contribution in [1.29, 1.82) is 0 Å². The highest BCUT2D eigenvalue weighted by Gasteiger charge is 2.17. The van der Waals surface area contributed by atoms with Crippen LogP contribution in [0.2, 0.25) is 0 Å². The van der Waals surface area contributed by atoms with Crippen LogP contribution < -0.4 is 16.1 Å². The molecule has 0 saturated carbocycles. The number of rotatable bonds is 6. The molecule has 0 atom stereocenters. The molecule has 1 aromatic rings. The van der Waals surface area contributed by atoms with Gasteiger partial charge in [0.25, 0.3) is 0 Å². The summed E-state index contributed by atoms with van der Waals surface area (Å²) in [7, 11) is 0. The van der Waals surface area contributed by atoms with Gasteiger partial charge in [-0.2, -0.15) is 20.1 Å². The molecule has 1 aliphatic heterocycles. The second-order valence-electron chi connectivity index (χ2n) is 6.47. The molecular formula is C15H27N7. The van der Waals surface area contributed by atoms with Crippen LogP contribution in [-0.4, -0.2) is 34.3 Å². The van der Waals surface area contributed by atoms with Crippen LogP contribution in [0.15, 0.2) is 5.10 Å². The SMILES string of the molecule is CC(C)C(C=NNc1nc(N)nc(N2CCCC2)n1)C(C)C. The van der Waals surface area contributed by atoms with Gasteiger partial charge < -0.3 is 10.6 Å². The molecule has 122 valence electrons. The lowest BCUT2D eigenvalue weighted by Crippen LogP contribution is -2.22.